The molecule has 0 saturated heterocycles. The number of nitrogens with one attached hydrogen (secondary N) is 1. The maximum Gasteiger partial charge on any atom is 0.255 e. The van der Waals surface area contributed by atoms with E-state index in [4.69, 9.17) is 9.84 Å². The average molecular weight is 263 g/mol. The van der Waals surface area contributed by atoms with Crippen LogP contribution in [-0.2, 0) is 0 Å². The van der Waals surface area contributed by atoms with E-state index >= 15 is 0 Å². The highest BCUT2D eigenvalue weighted by atomic mass is 16.5. The molecule has 0 aromatic heterocycles. The maximum atomic E-state index is 12.2. The number of amides is 1. The van der Waals surface area contributed by atoms with Crippen molar-refractivity contribution in [2.75, 3.05) is 20.3 Å². The van der Waals surface area contributed by atoms with Crippen LogP contribution in [-0.4, -0.2) is 31.3 Å². The van der Waals surface area contributed by atoms with E-state index < -0.39 is 0 Å². The van der Waals surface area contributed by atoms with Gasteiger partial charge in [-0.3, -0.25) is 4.79 Å². The van der Waals surface area contributed by atoms with Crippen LogP contribution in [0.25, 0.3) is 0 Å². The second-order valence-electron chi connectivity index (χ2n) is 5.36. The van der Waals surface area contributed by atoms with Crippen LogP contribution in [0.2, 0.25) is 0 Å². The van der Waals surface area contributed by atoms with Gasteiger partial charge in [-0.05, 0) is 43.7 Å². The normalized spacial score (nSPS) is 15.9. The topological polar surface area (TPSA) is 58.6 Å². The van der Waals surface area contributed by atoms with Crippen LogP contribution in [0, 0.1) is 12.3 Å². The van der Waals surface area contributed by atoms with Crippen molar-refractivity contribution in [3.63, 3.8) is 0 Å². The molecule has 19 heavy (non-hydrogen) atoms. The van der Waals surface area contributed by atoms with E-state index in [9.17, 15) is 4.79 Å². The number of methoxy groups -OCH3 is 1. The third-order valence-electron chi connectivity index (χ3n) is 3.82. The van der Waals surface area contributed by atoms with Crippen LogP contribution in [0.5, 0.6) is 5.75 Å². The number of rotatable bonds is 6. The summed E-state index contributed by atoms with van der Waals surface area (Å²) < 4.78 is 5.22. The number of benzene rings is 1. The molecule has 2 rings (SSSR count). The minimum Gasteiger partial charge on any atom is -0.496 e. The molecule has 0 bridgehead atoms. The zero-order chi connectivity index (χ0) is 13.9. The lowest BCUT2D eigenvalue weighted by Gasteiger charge is -2.15. The van der Waals surface area contributed by atoms with Gasteiger partial charge in [0.05, 0.1) is 12.7 Å². The number of aryl methyl sites for hydroxylation is 1. The van der Waals surface area contributed by atoms with Gasteiger partial charge >= 0.3 is 0 Å². The summed E-state index contributed by atoms with van der Waals surface area (Å²) in [4.78, 5) is 12.2. The summed E-state index contributed by atoms with van der Waals surface area (Å²) in [5, 5.41) is 12.0. The van der Waals surface area contributed by atoms with Gasteiger partial charge in [0.1, 0.15) is 5.75 Å². The molecule has 1 aliphatic carbocycles. The Labute approximate surface area is 113 Å². The average Bonchev–Trinajstić information content (AvgIpc) is 3.17. The fraction of sp³-hybridized carbons (Fsp3) is 0.533. The second-order valence-corrected chi connectivity index (χ2v) is 5.36. The molecule has 4 nitrogen and oxygen atoms in total. The Morgan fingerprint density at radius 1 is 1.47 bits per heavy atom. The van der Waals surface area contributed by atoms with Crippen LogP contribution < -0.4 is 10.1 Å². The van der Waals surface area contributed by atoms with Crippen molar-refractivity contribution in [2.24, 2.45) is 5.41 Å². The lowest BCUT2D eigenvalue weighted by atomic mass is 10.0. The van der Waals surface area contributed by atoms with Crippen LogP contribution in [0.4, 0.5) is 0 Å². The zero-order valence-electron chi connectivity index (χ0n) is 11.5. The molecule has 1 aliphatic rings. The Hall–Kier alpha value is -1.55. The summed E-state index contributed by atoms with van der Waals surface area (Å²) in [5.74, 6) is 0.486. The van der Waals surface area contributed by atoms with E-state index in [0.717, 1.165) is 24.8 Å². The lowest BCUT2D eigenvalue weighted by Crippen LogP contribution is -2.31. The van der Waals surface area contributed by atoms with Crippen LogP contribution in [0.15, 0.2) is 18.2 Å². The van der Waals surface area contributed by atoms with E-state index in [-0.39, 0.29) is 17.9 Å². The maximum absolute atomic E-state index is 12.2. The molecule has 1 fully saturated rings. The van der Waals surface area contributed by atoms with Crippen molar-refractivity contribution in [3.05, 3.63) is 29.3 Å². The first kappa shape index (κ1) is 13.9. The monoisotopic (exact) mass is 263 g/mol. The molecule has 0 aliphatic heterocycles. The summed E-state index contributed by atoms with van der Waals surface area (Å²) in [7, 11) is 1.57. The number of aliphatic hydroxyl groups is 1. The summed E-state index contributed by atoms with van der Waals surface area (Å²) >= 11 is 0. The molecule has 2 N–H and O–H groups in total. The van der Waals surface area contributed by atoms with E-state index in [1.807, 2.05) is 25.1 Å². The highest BCUT2D eigenvalue weighted by Crippen LogP contribution is 2.47. The predicted molar refractivity (Wildman–Crippen MR) is 73.4 cm³/mol. The van der Waals surface area contributed by atoms with Crippen molar-refractivity contribution in [1.82, 2.24) is 5.32 Å². The number of hydrogen-bond acceptors (Lipinski definition) is 3. The Bertz CT molecular complexity index is 466. The second kappa shape index (κ2) is 5.61. The molecule has 104 valence electrons. The predicted octanol–water partition coefficient (Wildman–Crippen LogP) is 1.90. The fourth-order valence-corrected chi connectivity index (χ4v) is 2.29. The molecular formula is C15H21NO3. The van der Waals surface area contributed by atoms with Gasteiger partial charge < -0.3 is 15.2 Å². The molecule has 1 amide bonds. The number of carbonyl (C=O) groups is 1. The lowest BCUT2D eigenvalue weighted by molar-refractivity contribution is 0.0937. The Balaban J connectivity index is 2.02. The number of carbonyl (C=O) groups excluding carboxylic acids is 1. The van der Waals surface area contributed by atoms with Gasteiger partial charge in [0.2, 0.25) is 0 Å². The first-order valence-corrected chi connectivity index (χ1v) is 6.64. The Morgan fingerprint density at radius 2 is 2.21 bits per heavy atom. The summed E-state index contributed by atoms with van der Waals surface area (Å²) in [5.41, 5.74) is 1.73. The molecular weight excluding hydrogens is 242 g/mol. The summed E-state index contributed by atoms with van der Waals surface area (Å²) in [6.07, 6.45) is 2.93. The highest BCUT2D eigenvalue weighted by molar-refractivity contribution is 5.97. The Kier molecular flexibility index (Phi) is 4.10. The zero-order valence-corrected chi connectivity index (χ0v) is 11.5. The molecule has 0 radical (unpaired) electrons. The minimum atomic E-state index is -0.107. The van der Waals surface area contributed by atoms with Gasteiger partial charge in [0.15, 0.2) is 0 Å². The van der Waals surface area contributed by atoms with E-state index in [1.54, 1.807) is 7.11 Å². The van der Waals surface area contributed by atoms with Crippen molar-refractivity contribution in [2.45, 2.75) is 26.2 Å². The molecule has 0 unspecified atom stereocenters. The van der Waals surface area contributed by atoms with Gasteiger partial charge in [-0.2, -0.15) is 0 Å². The van der Waals surface area contributed by atoms with Gasteiger partial charge in [-0.25, -0.2) is 0 Å². The summed E-state index contributed by atoms with van der Waals surface area (Å²) in [6, 6.07) is 5.56. The number of hydrogen-bond donors (Lipinski definition) is 2. The van der Waals surface area contributed by atoms with Crippen LogP contribution >= 0.6 is 0 Å². The number of aliphatic hydroxyl groups excluding tert-OH is 1. The van der Waals surface area contributed by atoms with Crippen molar-refractivity contribution in [3.8, 4) is 5.75 Å². The van der Waals surface area contributed by atoms with Crippen LogP contribution in [0.1, 0.15) is 35.2 Å². The molecule has 0 heterocycles. The first-order valence-electron chi connectivity index (χ1n) is 6.64. The fourth-order valence-electron chi connectivity index (χ4n) is 2.29. The molecule has 4 heteroatoms. The van der Waals surface area contributed by atoms with Crippen molar-refractivity contribution in [1.29, 1.82) is 0 Å². The smallest absolute Gasteiger partial charge is 0.255 e. The van der Waals surface area contributed by atoms with E-state index in [2.05, 4.69) is 5.32 Å². The Morgan fingerprint density at radius 3 is 2.79 bits per heavy atom. The van der Waals surface area contributed by atoms with Gasteiger partial charge in [-0.15, -0.1) is 0 Å². The van der Waals surface area contributed by atoms with E-state index in [1.165, 1.54) is 0 Å². The van der Waals surface area contributed by atoms with Crippen molar-refractivity contribution >= 4 is 5.91 Å². The SMILES string of the molecule is COc1ccc(C)cc1C(=O)NCC1(CCO)CC1. The third-order valence-corrected chi connectivity index (χ3v) is 3.82. The number of ether oxygens (including phenoxy) is 1. The van der Waals surface area contributed by atoms with Gasteiger partial charge in [-0.1, -0.05) is 11.6 Å². The largest absolute Gasteiger partial charge is 0.496 e. The molecule has 1 aromatic rings. The highest BCUT2D eigenvalue weighted by Gasteiger charge is 2.41. The minimum absolute atomic E-state index is 0.107. The first-order chi connectivity index (χ1) is 9.10. The third kappa shape index (κ3) is 3.26. The molecule has 0 spiro atoms. The summed E-state index contributed by atoms with van der Waals surface area (Å²) in [6.45, 7) is 2.76. The quantitative estimate of drug-likeness (QED) is 0.824. The van der Waals surface area contributed by atoms with Gasteiger partial charge in [0, 0.05) is 13.2 Å². The molecule has 1 aromatic carbocycles. The standard InChI is InChI=1S/C15H21NO3/c1-11-3-4-13(19-2)12(9-11)14(18)16-10-15(5-6-15)7-8-17/h3-4,9,17H,5-8,10H2,1-2H3,(H,16,18). The van der Waals surface area contributed by atoms with Crippen molar-refractivity contribution < 1.29 is 14.6 Å². The van der Waals surface area contributed by atoms with Gasteiger partial charge in [0.25, 0.3) is 5.91 Å². The molecule has 1 saturated carbocycles. The van der Waals surface area contributed by atoms with E-state index in [0.29, 0.717) is 17.9 Å². The molecule has 0 atom stereocenters. The van der Waals surface area contributed by atoms with Crippen LogP contribution in [0.3, 0.4) is 0 Å².